The largest absolute Gasteiger partial charge is 0.494 e. The normalized spacial score (nSPS) is 15.6. The molecule has 0 spiro atoms. The number of rotatable bonds is 5. The van der Waals surface area contributed by atoms with Gasteiger partial charge in [-0.25, -0.2) is 9.37 Å². The van der Waals surface area contributed by atoms with Gasteiger partial charge in [-0.15, -0.1) is 11.3 Å². The minimum atomic E-state index is -0.346. The smallest absolute Gasteiger partial charge is 0.246 e. The third-order valence-electron chi connectivity index (χ3n) is 4.34. The van der Waals surface area contributed by atoms with Crippen LogP contribution < -0.4 is 4.74 Å². The van der Waals surface area contributed by atoms with Crippen LogP contribution in [0.2, 0.25) is 0 Å². The molecule has 0 aliphatic carbocycles. The molecule has 1 fully saturated rings. The maximum atomic E-state index is 13.8. The van der Waals surface area contributed by atoms with E-state index in [4.69, 9.17) is 4.74 Å². The predicted octanol–water partition coefficient (Wildman–Crippen LogP) is 2.96. The number of piperazine rings is 1. The Kier molecular flexibility index (Phi) is 6.00. The highest BCUT2D eigenvalue weighted by atomic mass is 32.1. The first-order valence-electron chi connectivity index (χ1n) is 8.49. The summed E-state index contributed by atoms with van der Waals surface area (Å²) < 4.78 is 18.7. The van der Waals surface area contributed by atoms with Gasteiger partial charge in [-0.2, -0.15) is 0 Å². The number of halogens is 1. The van der Waals surface area contributed by atoms with Crippen molar-refractivity contribution in [1.82, 2.24) is 14.8 Å². The van der Waals surface area contributed by atoms with Gasteiger partial charge in [0, 0.05) is 44.2 Å². The van der Waals surface area contributed by atoms with Crippen molar-refractivity contribution in [2.24, 2.45) is 0 Å². The van der Waals surface area contributed by atoms with Crippen LogP contribution in [0.5, 0.6) is 5.75 Å². The molecule has 5 nitrogen and oxygen atoms in total. The van der Waals surface area contributed by atoms with Gasteiger partial charge in [-0.1, -0.05) is 6.07 Å². The zero-order valence-electron chi connectivity index (χ0n) is 14.9. The number of thiazole rings is 1. The summed E-state index contributed by atoms with van der Waals surface area (Å²) in [5.74, 6) is -0.0849. The number of aromatic nitrogens is 1. The van der Waals surface area contributed by atoms with Gasteiger partial charge in [0.15, 0.2) is 11.6 Å². The number of carbonyl (C=O) groups is 1. The van der Waals surface area contributed by atoms with Crippen LogP contribution in [0.15, 0.2) is 29.7 Å². The standard InChI is InChI=1S/C19H22FN3O2S/c1-14-21-16(13-26-14)4-6-19(24)23-9-7-22(8-10-23)12-15-3-5-18(25-2)17(20)11-15/h3-6,11,13H,7-10,12H2,1-2H3/b6-4+. The fraction of sp³-hybridized carbons (Fsp3) is 0.368. The van der Waals surface area contributed by atoms with E-state index in [1.807, 2.05) is 23.3 Å². The van der Waals surface area contributed by atoms with Crippen LogP contribution in [0.1, 0.15) is 16.3 Å². The Morgan fingerprint density at radius 2 is 2.12 bits per heavy atom. The molecule has 0 bridgehead atoms. The lowest BCUT2D eigenvalue weighted by Gasteiger charge is -2.34. The molecule has 2 heterocycles. The maximum absolute atomic E-state index is 13.8. The molecular weight excluding hydrogens is 353 g/mol. The summed E-state index contributed by atoms with van der Waals surface area (Å²) in [5.41, 5.74) is 1.72. The Morgan fingerprint density at radius 1 is 1.35 bits per heavy atom. The van der Waals surface area contributed by atoms with E-state index in [1.165, 1.54) is 13.2 Å². The summed E-state index contributed by atoms with van der Waals surface area (Å²) in [4.78, 5) is 20.7. The lowest BCUT2D eigenvalue weighted by atomic mass is 10.2. The number of ether oxygens (including phenoxy) is 1. The molecule has 0 saturated carbocycles. The summed E-state index contributed by atoms with van der Waals surface area (Å²) in [6.45, 7) is 5.47. The zero-order chi connectivity index (χ0) is 18.5. The summed E-state index contributed by atoms with van der Waals surface area (Å²) in [6.07, 6.45) is 3.35. The molecule has 3 rings (SSSR count). The number of methoxy groups -OCH3 is 1. The fourth-order valence-corrected chi connectivity index (χ4v) is 3.49. The second kappa shape index (κ2) is 8.42. The lowest BCUT2D eigenvalue weighted by molar-refractivity contribution is -0.127. The molecule has 1 amide bonds. The van der Waals surface area contributed by atoms with Crippen molar-refractivity contribution < 1.29 is 13.9 Å². The summed E-state index contributed by atoms with van der Waals surface area (Å²) in [7, 11) is 1.46. The van der Waals surface area contributed by atoms with E-state index < -0.39 is 0 Å². The highest BCUT2D eigenvalue weighted by Gasteiger charge is 2.20. The number of carbonyl (C=O) groups excluding carboxylic acids is 1. The molecule has 1 aromatic carbocycles. The van der Waals surface area contributed by atoms with Crippen molar-refractivity contribution in [1.29, 1.82) is 0 Å². The number of benzene rings is 1. The third-order valence-corrected chi connectivity index (χ3v) is 5.13. The fourth-order valence-electron chi connectivity index (χ4n) is 2.91. The summed E-state index contributed by atoms with van der Waals surface area (Å²) in [6, 6.07) is 5.03. The Balaban J connectivity index is 1.50. The number of amides is 1. The first-order valence-corrected chi connectivity index (χ1v) is 9.37. The van der Waals surface area contributed by atoms with Crippen LogP contribution in [0.3, 0.4) is 0 Å². The van der Waals surface area contributed by atoms with Crippen molar-refractivity contribution in [2.75, 3.05) is 33.3 Å². The average Bonchev–Trinajstić information content (AvgIpc) is 3.06. The van der Waals surface area contributed by atoms with E-state index >= 15 is 0 Å². The van der Waals surface area contributed by atoms with Crippen molar-refractivity contribution >= 4 is 23.3 Å². The predicted molar refractivity (Wildman–Crippen MR) is 101 cm³/mol. The van der Waals surface area contributed by atoms with E-state index in [-0.39, 0.29) is 17.5 Å². The van der Waals surface area contributed by atoms with Crippen LogP contribution >= 0.6 is 11.3 Å². The molecule has 0 atom stereocenters. The van der Waals surface area contributed by atoms with Crippen molar-refractivity contribution in [3.63, 3.8) is 0 Å². The molecule has 26 heavy (non-hydrogen) atoms. The van der Waals surface area contributed by atoms with Crippen LogP contribution in [0.4, 0.5) is 4.39 Å². The highest BCUT2D eigenvalue weighted by molar-refractivity contribution is 7.09. The van der Waals surface area contributed by atoms with Gasteiger partial charge < -0.3 is 9.64 Å². The number of nitrogens with zero attached hydrogens (tertiary/aromatic N) is 3. The first-order chi connectivity index (χ1) is 12.5. The van der Waals surface area contributed by atoms with Gasteiger partial charge in [-0.3, -0.25) is 9.69 Å². The Hall–Kier alpha value is -2.25. The molecule has 1 aliphatic rings. The summed E-state index contributed by atoms with van der Waals surface area (Å²) >= 11 is 1.57. The van der Waals surface area contributed by atoms with Gasteiger partial charge in [0.1, 0.15) is 0 Å². The van der Waals surface area contributed by atoms with E-state index in [1.54, 1.807) is 29.6 Å². The molecule has 2 aromatic rings. The van der Waals surface area contributed by atoms with Crippen LogP contribution in [-0.4, -0.2) is 54.0 Å². The number of aryl methyl sites for hydroxylation is 1. The minimum Gasteiger partial charge on any atom is -0.494 e. The van der Waals surface area contributed by atoms with Crippen LogP contribution in [0, 0.1) is 12.7 Å². The van der Waals surface area contributed by atoms with Gasteiger partial charge >= 0.3 is 0 Å². The molecule has 138 valence electrons. The van der Waals surface area contributed by atoms with Crippen LogP contribution in [0.25, 0.3) is 6.08 Å². The summed E-state index contributed by atoms with van der Waals surface area (Å²) in [5, 5.41) is 2.92. The van der Waals surface area contributed by atoms with Gasteiger partial charge in [0.05, 0.1) is 17.8 Å². The molecule has 0 radical (unpaired) electrons. The monoisotopic (exact) mass is 375 g/mol. The third kappa shape index (κ3) is 4.68. The zero-order valence-corrected chi connectivity index (χ0v) is 15.8. The SMILES string of the molecule is COc1ccc(CN2CCN(C(=O)/C=C/c3csc(C)n3)CC2)cc1F. The number of hydrogen-bond acceptors (Lipinski definition) is 5. The first kappa shape index (κ1) is 18.5. The van der Waals surface area contributed by atoms with Gasteiger partial charge in [0.25, 0.3) is 0 Å². The Bertz CT molecular complexity index is 798. The van der Waals surface area contributed by atoms with Crippen molar-refractivity contribution in [3.8, 4) is 5.75 Å². The van der Waals surface area contributed by atoms with E-state index in [9.17, 15) is 9.18 Å². The lowest BCUT2D eigenvalue weighted by Crippen LogP contribution is -2.47. The van der Waals surface area contributed by atoms with Crippen molar-refractivity contribution in [2.45, 2.75) is 13.5 Å². The van der Waals surface area contributed by atoms with E-state index in [0.717, 1.165) is 29.4 Å². The molecule has 0 unspecified atom stereocenters. The molecular formula is C19H22FN3O2S. The Labute approximate surface area is 156 Å². The number of hydrogen-bond donors (Lipinski definition) is 0. The second-order valence-electron chi connectivity index (χ2n) is 6.20. The van der Waals surface area contributed by atoms with Gasteiger partial charge in [0.2, 0.25) is 5.91 Å². The maximum Gasteiger partial charge on any atom is 0.246 e. The quantitative estimate of drug-likeness (QED) is 0.754. The molecule has 7 heteroatoms. The molecule has 1 aromatic heterocycles. The second-order valence-corrected chi connectivity index (χ2v) is 7.26. The topological polar surface area (TPSA) is 45.7 Å². The molecule has 0 N–H and O–H groups in total. The van der Waals surface area contributed by atoms with Gasteiger partial charge in [-0.05, 0) is 30.7 Å². The highest BCUT2D eigenvalue weighted by Crippen LogP contribution is 2.19. The van der Waals surface area contributed by atoms with Crippen molar-refractivity contribution in [3.05, 3.63) is 51.7 Å². The average molecular weight is 375 g/mol. The van der Waals surface area contributed by atoms with E-state index in [2.05, 4.69) is 9.88 Å². The molecule has 1 saturated heterocycles. The Morgan fingerprint density at radius 3 is 2.73 bits per heavy atom. The molecule has 1 aliphatic heterocycles. The van der Waals surface area contributed by atoms with E-state index in [0.29, 0.717) is 19.6 Å². The van der Waals surface area contributed by atoms with Crippen LogP contribution in [-0.2, 0) is 11.3 Å². The minimum absolute atomic E-state index is 0.00537.